The van der Waals surface area contributed by atoms with Crippen LogP contribution in [-0.4, -0.2) is 81.3 Å². The van der Waals surface area contributed by atoms with Gasteiger partial charge in [0.2, 0.25) is 5.91 Å². The first-order valence-electron chi connectivity index (χ1n) is 10.2. The molecule has 2 aliphatic rings. The number of nitrogens with one attached hydrogen (secondary N) is 1. The van der Waals surface area contributed by atoms with E-state index in [0.29, 0.717) is 25.9 Å². The van der Waals surface area contributed by atoms with Gasteiger partial charge in [-0.25, -0.2) is 0 Å². The van der Waals surface area contributed by atoms with Crippen molar-refractivity contribution in [2.24, 2.45) is 5.92 Å². The number of ether oxygens (including phenoxy) is 1. The standard InChI is InChI=1S/C20H32N4O4S/c1-22(2)29(26,27)24-9-3-4-19(16-24)20(25)21-14-17-5-7-18(8-6-17)15-23-10-12-28-13-11-23/h5-8,19H,3-4,9-16H2,1-2H3,(H,21,25). The minimum absolute atomic E-state index is 0.0824. The van der Waals surface area contributed by atoms with Crippen molar-refractivity contribution in [3.05, 3.63) is 35.4 Å². The first kappa shape index (κ1) is 22.2. The lowest BCUT2D eigenvalue weighted by Gasteiger charge is -2.32. The quantitative estimate of drug-likeness (QED) is 0.695. The van der Waals surface area contributed by atoms with Crippen molar-refractivity contribution in [3.8, 4) is 0 Å². The van der Waals surface area contributed by atoms with Crippen LogP contribution in [0.15, 0.2) is 24.3 Å². The number of benzene rings is 1. The summed E-state index contributed by atoms with van der Waals surface area (Å²) in [7, 11) is -0.445. The van der Waals surface area contributed by atoms with Crippen LogP contribution in [0.25, 0.3) is 0 Å². The van der Waals surface area contributed by atoms with Crippen LogP contribution < -0.4 is 5.32 Å². The Morgan fingerprint density at radius 3 is 2.45 bits per heavy atom. The second-order valence-electron chi connectivity index (χ2n) is 7.91. The van der Waals surface area contributed by atoms with E-state index in [2.05, 4.69) is 22.3 Å². The molecule has 3 rings (SSSR count). The predicted molar refractivity (Wildman–Crippen MR) is 111 cm³/mol. The number of piperidine rings is 1. The Kier molecular flexibility index (Phi) is 7.64. The number of hydrogen-bond donors (Lipinski definition) is 1. The Morgan fingerprint density at radius 1 is 1.14 bits per heavy atom. The molecule has 1 unspecified atom stereocenters. The van der Waals surface area contributed by atoms with Gasteiger partial charge in [-0.15, -0.1) is 0 Å². The molecule has 2 heterocycles. The van der Waals surface area contributed by atoms with Crippen molar-refractivity contribution in [2.75, 3.05) is 53.5 Å². The molecule has 0 aromatic heterocycles. The van der Waals surface area contributed by atoms with E-state index in [1.165, 1.54) is 28.3 Å². The zero-order chi connectivity index (χ0) is 20.9. The molecular formula is C20H32N4O4S. The molecule has 8 nitrogen and oxygen atoms in total. The normalized spacial score (nSPS) is 22.0. The molecule has 0 spiro atoms. The van der Waals surface area contributed by atoms with Crippen LogP contribution in [0.3, 0.4) is 0 Å². The average Bonchev–Trinajstić information content (AvgIpc) is 2.73. The Hall–Kier alpha value is -1.52. The molecule has 1 N–H and O–H groups in total. The highest BCUT2D eigenvalue weighted by atomic mass is 32.2. The largest absolute Gasteiger partial charge is 0.379 e. The van der Waals surface area contributed by atoms with Crippen molar-refractivity contribution in [1.29, 1.82) is 0 Å². The number of carbonyl (C=O) groups excluding carboxylic acids is 1. The Bertz CT molecular complexity index is 776. The van der Waals surface area contributed by atoms with Gasteiger partial charge in [0, 0.05) is 53.4 Å². The molecule has 0 aliphatic carbocycles. The molecule has 2 saturated heterocycles. The van der Waals surface area contributed by atoms with Gasteiger partial charge in [-0.2, -0.15) is 17.0 Å². The van der Waals surface area contributed by atoms with Crippen molar-refractivity contribution in [2.45, 2.75) is 25.9 Å². The number of morpholine rings is 1. The van der Waals surface area contributed by atoms with Crippen molar-refractivity contribution >= 4 is 16.1 Å². The molecule has 2 fully saturated rings. The first-order chi connectivity index (χ1) is 13.9. The fourth-order valence-corrected chi connectivity index (χ4v) is 4.90. The van der Waals surface area contributed by atoms with Crippen LogP contribution in [0.1, 0.15) is 24.0 Å². The topological polar surface area (TPSA) is 82.2 Å². The fraction of sp³-hybridized carbons (Fsp3) is 0.650. The van der Waals surface area contributed by atoms with E-state index >= 15 is 0 Å². The van der Waals surface area contributed by atoms with Gasteiger partial charge in [-0.1, -0.05) is 24.3 Å². The summed E-state index contributed by atoms with van der Waals surface area (Å²) in [5, 5.41) is 2.97. The molecule has 1 aromatic carbocycles. The van der Waals surface area contributed by atoms with Crippen molar-refractivity contribution in [3.63, 3.8) is 0 Å². The average molecular weight is 425 g/mol. The lowest BCUT2D eigenvalue weighted by Crippen LogP contribution is -2.48. The molecule has 0 radical (unpaired) electrons. The molecule has 29 heavy (non-hydrogen) atoms. The van der Waals surface area contributed by atoms with Gasteiger partial charge in [0.25, 0.3) is 10.2 Å². The number of hydrogen-bond acceptors (Lipinski definition) is 5. The second-order valence-corrected chi connectivity index (χ2v) is 10.1. The van der Waals surface area contributed by atoms with Crippen LogP contribution in [0, 0.1) is 5.92 Å². The third-order valence-corrected chi connectivity index (χ3v) is 7.45. The number of amides is 1. The molecule has 1 atom stereocenters. The van der Waals surface area contributed by atoms with E-state index in [1.807, 2.05) is 12.1 Å². The monoisotopic (exact) mass is 424 g/mol. The summed E-state index contributed by atoms with van der Waals surface area (Å²) in [5.74, 6) is -0.389. The van der Waals surface area contributed by atoms with Gasteiger partial charge in [-0.3, -0.25) is 9.69 Å². The van der Waals surface area contributed by atoms with Gasteiger partial charge < -0.3 is 10.1 Å². The highest BCUT2D eigenvalue weighted by molar-refractivity contribution is 7.86. The lowest BCUT2D eigenvalue weighted by molar-refractivity contribution is -0.126. The molecular weight excluding hydrogens is 392 g/mol. The Labute approximate surface area is 174 Å². The lowest BCUT2D eigenvalue weighted by atomic mass is 9.98. The zero-order valence-corrected chi connectivity index (χ0v) is 18.2. The van der Waals surface area contributed by atoms with E-state index in [-0.39, 0.29) is 18.4 Å². The van der Waals surface area contributed by atoms with Crippen LogP contribution in [0.4, 0.5) is 0 Å². The summed E-state index contributed by atoms with van der Waals surface area (Å²) >= 11 is 0. The van der Waals surface area contributed by atoms with Crippen molar-refractivity contribution in [1.82, 2.24) is 18.8 Å². The zero-order valence-electron chi connectivity index (χ0n) is 17.3. The van der Waals surface area contributed by atoms with E-state index in [1.54, 1.807) is 0 Å². The molecule has 0 saturated carbocycles. The molecule has 2 aliphatic heterocycles. The maximum absolute atomic E-state index is 12.6. The number of rotatable bonds is 7. The summed E-state index contributed by atoms with van der Waals surface area (Å²) in [6, 6.07) is 8.28. The summed E-state index contributed by atoms with van der Waals surface area (Å²) in [6.07, 6.45) is 1.41. The summed E-state index contributed by atoms with van der Waals surface area (Å²) in [5.41, 5.74) is 2.29. The van der Waals surface area contributed by atoms with Gasteiger partial charge in [0.15, 0.2) is 0 Å². The van der Waals surface area contributed by atoms with Crippen molar-refractivity contribution < 1.29 is 17.9 Å². The number of carbonyl (C=O) groups is 1. The van der Waals surface area contributed by atoms with Crippen LogP contribution >= 0.6 is 0 Å². The first-order valence-corrected chi connectivity index (χ1v) is 11.6. The van der Waals surface area contributed by atoms with E-state index < -0.39 is 10.2 Å². The van der Waals surface area contributed by atoms with Crippen LogP contribution in [0.5, 0.6) is 0 Å². The Morgan fingerprint density at radius 2 is 1.79 bits per heavy atom. The summed E-state index contributed by atoms with van der Waals surface area (Å²) in [4.78, 5) is 15.0. The SMILES string of the molecule is CN(C)S(=O)(=O)N1CCCC(C(=O)NCc2ccc(CN3CCOCC3)cc2)C1. The summed E-state index contributed by atoms with van der Waals surface area (Å²) < 4.78 is 32.6. The highest BCUT2D eigenvalue weighted by Crippen LogP contribution is 2.20. The fourth-order valence-electron chi connectivity index (χ4n) is 3.71. The van der Waals surface area contributed by atoms with Gasteiger partial charge in [0.1, 0.15) is 0 Å². The third-order valence-electron chi connectivity index (χ3n) is 5.54. The minimum atomic E-state index is -3.48. The highest BCUT2D eigenvalue weighted by Gasteiger charge is 2.33. The maximum Gasteiger partial charge on any atom is 0.281 e. The molecule has 1 amide bonds. The van der Waals surface area contributed by atoms with E-state index in [9.17, 15) is 13.2 Å². The third kappa shape index (κ3) is 5.99. The molecule has 9 heteroatoms. The van der Waals surface area contributed by atoms with Gasteiger partial charge in [0.05, 0.1) is 19.1 Å². The predicted octanol–water partition coefficient (Wildman–Crippen LogP) is 0.653. The van der Waals surface area contributed by atoms with Crippen LogP contribution in [-0.2, 0) is 32.8 Å². The number of nitrogens with zero attached hydrogens (tertiary/aromatic N) is 3. The second kappa shape index (κ2) is 9.99. The minimum Gasteiger partial charge on any atom is -0.379 e. The van der Waals surface area contributed by atoms with Gasteiger partial charge in [-0.05, 0) is 24.0 Å². The van der Waals surface area contributed by atoms with E-state index in [0.717, 1.165) is 38.4 Å². The van der Waals surface area contributed by atoms with Gasteiger partial charge >= 0.3 is 0 Å². The smallest absolute Gasteiger partial charge is 0.281 e. The molecule has 0 bridgehead atoms. The maximum atomic E-state index is 12.6. The summed E-state index contributed by atoms with van der Waals surface area (Å²) in [6.45, 7) is 5.57. The Balaban J connectivity index is 1.48. The van der Waals surface area contributed by atoms with E-state index in [4.69, 9.17) is 4.74 Å². The molecule has 1 aromatic rings. The molecule has 162 valence electrons. The van der Waals surface area contributed by atoms with Crippen LogP contribution in [0.2, 0.25) is 0 Å².